The molecule has 7 nitrogen and oxygen atoms in total. The van der Waals surface area contributed by atoms with Crippen molar-refractivity contribution in [2.45, 2.75) is 26.2 Å². The standard InChI is InChI=1S/C26H23Cl2FN6OS/c1-26(2,3)23-33-21(18-9-10-31-24(30)32-18)22(37-23)15-5-4-6-19(20(15)29)35-12-11-34(25(35)36)14-7-8-16(27)17(28)13-14/h4-10,13H,11-12H2,1-3H3,(H2,30,31,32). The van der Waals surface area contributed by atoms with E-state index in [0.29, 0.717) is 50.7 Å². The summed E-state index contributed by atoms with van der Waals surface area (Å²) in [7, 11) is 0. The van der Waals surface area contributed by atoms with Crippen LogP contribution in [-0.2, 0) is 5.41 Å². The number of hydrogen-bond acceptors (Lipinski definition) is 6. The maximum absolute atomic E-state index is 16.2. The van der Waals surface area contributed by atoms with E-state index >= 15 is 4.39 Å². The van der Waals surface area contributed by atoms with Crippen molar-refractivity contribution in [1.82, 2.24) is 15.0 Å². The third-order valence-electron chi connectivity index (χ3n) is 5.92. The topological polar surface area (TPSA) is 88.2 Å². The lowest BCUT2D eigenvalue weighted by atomic mass is 9.98. The molecule has 0 unspecified atom stereocenters. The number of nitrogen functional groups attached to an aromatic ring is 1. The highest BCUT2D eigenvalue weighted by atomic mass is 35.5. The zero-order chi connectivity index (χ0) is 26.5. The molecule has 0 radical (unpaired) electrons. The highest BCUT2D eigenvalue weighted by Gasteiger charge is 2.34. The Morgan fingerprint density at radius 3 is 2.49 bits per heavy atom. The number of halogens is 3. The number of carbonyl (C=O) groups is 1. The summed E-state index contributed by atoms with van der Waals surface area (Å²) in [5.41, 5.74) is 7.69. The minimum absolute atomic E-state index is 0.105. The molecule has 1 aliphatic rings. The molecule has 1 saturated heterocycles. The van der Waals surface area contributed by atoms with E-state index in [-0.39, 0.29) is 23.1 Å². The molecule has 3 heterocycles. The first-order chi connectivity index (χ1) is 17.5. The molecule has 5 rings (SSSR count). The van der Waals surface area contributed by atoms with Crippen molar-refractivity contribution < 1.29 is 9.18 Å². The minimum Gasteiger partial charge on any atom is -0.368 e. The fourth-order valence-electron chi connectivity index (χ4n) is 4.06. The highest BCUT2D eigenvalue weighted by Crippen LogP contribution is 2.43. The van der Waals surface area contributed by atoms with Crippen LogP contribution >= 0.6 is 34.5 Å². The first-order valence-corrected chi connectivity index (χ1v) is 13.0. The number of nitrogens with zero attached hydrogens (tertiary/aromatic N) is 5. The second-order valence-electron chi connectivity index (χ2n) is 9.57. The van der Waals surface area contributed by atoms with Crippen LogP contribution in [0.3, 0.4) is 0 Å². The Morgan fingerprint density at radius 1 is 1.03 bits per heavy atom. The van der Waals surface area contributed by atoms with E-state index < -0.39 is 5.82 Å². The molecule has 1 fully saturated rings. The number of aromatic nitrogens is 3. The largest absolute Gasteiger partial charge is 0.368 e. The van der Waals surface area contributed by atoms with Crippen molar-refractivity contribution in [1.29, 1.82) is 0 Å². The normalized spacial score (nSPS) is 14.1. The Bertz CT molecular complexity index is 1520. The van der Waals surface area contributed by atoms with Crippen LogP contribution < -0.4 is 15.5 Å². The fourth-order valence-corrected chi connectivity index (χ4v) is 5.50. The molecule has 190 valence electrons. The van der Waals surface area contributed by atoms with Gasteiger partial charge in [-0.15, -0.1) is 11.3 Å². The minimum atomic E-state index is -0.515. The Labute approximate surface area is 227 Å². The van der Waals surface area contributed by atoms with Crippen molar-refractivity contribution in [2.75, 3.05) is 28.6 Å². The molecule has 0 aliphatic carbocycles. The van der Waals surface area contributed by atoms with E-state index in [9.17, 15) is 4.79 Å². The SMILES string of the molecule is CC(C)(C)c1nc(-c2ccnc(N)n2)c(-c2cccc(N3CCN(c4ccc(Cl)c(Cl)c4)C3=O)c2F)s1. The van der Waals surface area contributed by atoms with Gasteiger partial charge in [0.25, 0.3) is 0 Å². The van der Waals surface area contributed by atoms with E-state index in [1.165, 1.54) is 16.2 Å². The lowest BCUT2D eigenvalue weighted by Crippen LogP contribution is -2.32. The molecule has 2 aromatic heterocycles. The summed E-state index contributed by atoms with van der Waals surface area (Å²) in [6.07, 6.45) is 1.55. The predicted molar refractivity (Wildman–Crippen MR) is 148 cm³/mol. The van der Waals surface area contributed by atoms with Crippen LogP contribution in [0.15, 0.2) is 48.7 Å². The average molecular weight is 557 g/mol. The molecule has 0 bridgehead atoms. The number of benzene rings is 2. The van der Waals surface area contributed by atoms with Gasteiger partial charge in [-0.2, -0.15) is 0 Å². The molecule has 2 N–H and O–H groups in total. The number of carbonyl (C=O) groups excluding carboxylic acids is 1. The number of anilines is 3. The summed E-state index contributed by atoms with van der Waals surface area (Å²) in [6, 6.07) is 11.3. The third kappa shape index (κ3) is 4.74. The van der Waals surface area contributed by atoms with Gasteiger partial charge in [-0.05, 0) is 30.3 Å². The van der Waals surface area contributed by atoms with Crippen molar-refractivity contribution in [3.8, 4) is 21.8 Å². The average Bonchev–Trinajstić information content (AvgIpc) is 3.46. The molecule has 2 amide bonds. The molecule has 37 heavy (non-hydrogen) atoms. The van der Waals surface area contributed by atoms with Gasteiger partial charge in [-0.1, -0.05) is 56.1 Å². The van der Waals surface area contributed by atoms with Crippen LogP contribution in [0.5, 0.6) is 0 Å². The summed E-state index contributed by atoms with van der Waals surface area (Å²) < 4.78 is 16.2. The van der Waals surface area contributed by atoms with Crippen LogP contribution in [-0.4, -0.2) is 34.1 Å². The lowest BCUT2D eigenvalue weighted by Gasteiger charge is -2.20. The van der Waals surface area contributed by atoms with E-state index in [2.05, 4.69) is 9.97 Å². The van der Waals surface area contributed by atoms with Crippen LogP contribution in [0.25, 0.3) is 21.8 Å². The monoisotopic (exact) mass is 556 g/mol. The number of hydrogen-bond donors (Lipinski definition) is 1. The molecular weight excluding hydrogens is 534 g/mol. The summed E-state index contributed by atoms with van der Waals surface area (Å²) in [6.45, 7) is 6.81. The molecule has 4 aromatic rings. The van der Waals surface area contributed by atoms with Crippen molar-refractivity contribution in [3.05, 3.63) is 69.5 Å². The third-order valence-corrected chi connectivity index (χ3v) is 8.18. The molecule has 0 atom stereocenters. The summed E-state index contributed by atoms with van der Waals surface area (Å²) in [5, 5.41) is 1.56. The van der Waals surface area contributed by atoms with Crippen LogP contribution in [0.1, 0.15) is 25.8 Å². The second-order valence-corrected chi connectivity index (χ2v) is 11.4. The zero-order valence-corrected chi connectivity index (χ0v) is 22.6. The molecular formula is C26H23Cl2FN6OS. The number of rotatable bonds is 4. The Morgan fingerprint density at radius 2 is 1.78 bits per heavy atom. The van der Waals surface area contributed by atoms with E-state index in [4.69, 9.17) is 33.9 Å². The molecule has 0 spiro atoms. The Hall–Kier alpha value is -3.27. The Balaban J connectivity index is 1.57. The summed E-state index contributed by atoms with van der Waals surface area (Å²) in [5.74, 6) is -0.410. The van der Waals surface area contributed by atoms with Crippen molar-refractivity contribution in [2.24, 2.45) is 0 Å². The summed E-state index contributed by atoms with van der Waals surface area (Å²) in [4.78, 5) is 30.0. The molecule has 2 aromatic carbocycles. The van der Waals surface area contributed by atoms with E-state index in [1.54, 1.807) is 53.6 Å². The van der Waals surface area contributed by atoms with Gasteiger partial charge >= 0.3 is 6.03 Å². The number of thiazole rings is 1. The first kappa shape index (κ1) is 25.4. The van der Waals surface area contributed by atoms with Gasteiger partial charge in [0, 0.05) is 36.0 Å². The smallest absolute Gasteiger partial charge is 0.329 e. The van der Waals surface area contributed by atoms with Crippen LogP contribution in [0.2, 0.25) is 10.0 Å². The highest BCUT2D eigenvalue weighted by molar-refractivity contribution is 7.15. The number of urea groups is 1. The number of amides is 2. The van der Waals surface area contributed by atoms with Gasteiger partial charge in [0.15, 0.2) is 5.82 Å². The maximum Gasteiger partial charge on any atom is 0.329 e. The van der Waals surface area contributed by atoms with Gasteiger partial charge in [-0.25, -0.2) is 24.1 Å². The Kier molecular flexibility index (Phi) is 6.55. The van der Waals surface area contributed by atoms with Crippen molar-refractivity contribution >= 4 is 57.9 Å². The number of nitrogens with two attached hydrogens (primary N) is 1. The van der Waals surface area contributed by atoms with Gasteiger partial charge in [0.1, 0.15) is 5.69 Å². The van der Waals surface area contributed by atoms with Gasteiger partial charge < -0.3 is 5.73 Å². The van der Waals surface area contributed by atoms with Crippen LogP contribution in [0, 0.1) is 5.82 Å². The van der Waals surface area contributed by atoms with Gasteiger partial charge in [-0.3, -0.25) is 9.80 Å². The molecule has 11 heteroatoms. The first-order valence-electron chi connectivity index (χ1n) is 11.5. The van der Waals surface area contributed by atoms with Gasteiger partial charge in [0.2, 0.25) is 5.95 Å². The van der Waals surface area contributed by atoms with Crippen LogP contribution in [0.4, 0.5) is 26.5 Å². The fraction of sp³-hybridized carbons (Fsp3) is 0.231. The molecule has 1 aliphatic heterocycles. The maximum atomic E-state index is 16.2. The van der Waals surface area contributed by atoms with E-state index in [0.717, 1.165) is 5.01 Å². The van der Waals surface area contributed by atoms with Gasteiger partial charge in [0.05, 0.1) is 31.3 Å². The van der Waals surface area contributed by atoms with E-state index in [1.807, 2.05) is 20.8 Å². The summed E-state index contributed by atoms with van der Waals surface area (Å²) >= 11 is 13.6. The zero-order valence-electron chi connectivity index (χ0n) is 20.3. The molecule has 0 saturated carbocycles. The lowest BCUT2D eigenvalue weighted by molar-refractivity contribution is 0.255. The van der Waals surface area contributed by atoms with Crippen molar-refractivity contribution in [3.63, 3.8) is 0 Å². The quantitative estimate of drug-likeness (QED) is 0.291. The predicted octanol–water partition coefficient (Wildman–Crippen LogP) is 7.04. The second kappa shape index (κ2) is 9.55.